The van der Waals surface area contributed by atoms with Crippen LogP contribution in [0, 0.1) is 5.92 Å². The van der Waals surface area contributed by atoms with Crippen molar-refractivity contribution in [1.29, 1.82) is 0 Å². The summed E-state index contributed by atoms with van der Waals surface area (Å²) in [5.41, 5.74) is 1.17. The lowest BCUT2D eigenvalue weighted by atomic mass is 10.0. The molecule has 0 aliphatic rings. The SMILES string of the molecule is COc1ccc(Br)cc1CNC(c1cccs1)C(C)C. The molecule has 0 aliphatic carbocycles. The molecule has 0 aliphatic heterocycles. The number of benzene rings is 1. The molecule has 1 heterocycles. The minimum atomic E-state index is 0.374. The quantitative estimate of drug-likeness (QED) is 0.788. The van der Waals surface area contributed by atoms with Gasteiger partial charge in [0.15, 0.2) is 0 Å². The Morgan fingerprint density at radius 1 is 1.30 bits per heavy atom. The molecule has 2 rings (SSSR count). The molecular weight excluding hydrogens is 334 g/mol. The highest BCUT2D eigenvalue weighted by Crippen LogP contribution is 2.28. The van der Waals surface area contributed by atoms with E-state index in [-0.39, 0.29) is 0 Å². The summed E-state index contributed by atoms with van der Waals surface area (Å²) < 4.78 is 6.50. The van der Waals surface area contributed by atoms with Gasteiger partial charge in [0.05, 0.1) is 7.11 Å². The summed E-state index contributed by atoms with van der Waals surface area (Å²) in [5, 5.41) is 5.78. The van der Waals surface area contributed by atoms with E-state index in [0.717, 1.165) is 16.8 Å². The Morgan fingerprint density at radius 2 is 2.10 bits per heavy atom. The first-order valence-corrected chi connectivity index (χ1v) is 8.38. The van der Waals surface area contributed by atoms with E-state index in [1.54, 1.807) is 18.4 Å². The largest absolute Gasteiger partial charge is 0.496 e. The van der Waals surface area contributed by atoms with Crippen molar-refractivity contribution < 1.29 is 4.74 Å². The third-order valence-electron chi connectivity index (χ3n) is 3.27. The lowest BCUT2D eigenvalue weighted by Crippen LogP contribution is -2.24. The van der Waals surface area contributed by atoms with Crippen LogP contribution >= 0.6 is 27.3 Å². The highest BCUT2D eigenvalue weighted by atomic mass is 79.9. The van der Waals surface area contributed by atoms with Crippen molar-refractivity contribution in [2.75, 3.05) is 7.11 Å². The molecule has 2 nitrogen and oxygen atoms in total. The van der Waals surface area contributed by atoms with Gasteiger partial charge in [-0.3, -0.25) is 0 Å². The predicted octanol–water partition coefficient (Wildman–Crippen LogP) is 5.01. The summed E-state index contributed by atoms with van der Waals surface area (Å²) in [4.78, 5) is 1.38. The number of methoxy groups -OCH3 is 1. The summed E-state index contributed by atoms with van der Waals surface area (Å²) in [6.45, 7) is 5.29. The molecule has 0 radical (unpaired) electrons. The van der Waals surface area contributed by atoms with Crippen molar-refractivity contribution in [3.63, 3.8) is 0 Å². The van der Waals surface area contributed by atoms with Gasteiger partial charge in [-0.25, -0.2) is 0 Å². The molecule has 1 unspecified atom stereocenters. The first-order chi connectivity index (χ1) is 9.61. The second kappa shape index (κ2) is 7.25. The Bertz CT molecular complexity index is 539. The molecular formula is C16H20BrNOS. The number of ether oxygens (including phenoxy) is 1. The third kappa shape index (κ3) is 3.84. The molecule has 108 valence electrons. The van der Waals surface area contributed by atoms with Crippen molar-refractivity contribution in [3.8, 4) is 5.75 Å². The van der Waals surface area contributed by atoms with Crippen LogP contribution in [0.15, 0.2) is 40.2 Å². The summed E-state index contributed by atoms with van der Waals surface area (Å²) in [6.07, 6.45) is 0. The standard InChI is InChI=1S/C16H20BrNOS/c1-11(2)16(15-5-4-8-20-15)18-10-12-9-13(17)6-7-14(12)19-3/h4-9,11,16,18H,10H2,1-3H3. The number of halogens is 1. The zero-order valence-electron chi connectivity index (χ0n) is 12.0. The third-order valence-corrected chi connectivity index (χ3v) is 4.72. The van der Waals surface area contributed by atoms with Gasteiger partial charge in [0.25, 0.3) is 0 Å². The van der Waals surface area contributed by atoms with Crippen LogP contribution in [0.25, 0.3) is 0 Å². The van der Waals surface area contributed by atoms with E-state index in [9.17, 15) is 0 Å². The maximum absolute atomic E-state index is 5.43. The molecule has 1 aromatic carbocycles. The normalized spacial score (nSPS) is 12.7. The van der Waals surface area contributed by atoms with Crippen LogP contribution in [-0.2, 0) is 6.54 Å². The molecule has 0 fully saturated rings. The van der Waals surface area contributed by atoms with Crippen molar-refractivity contribution in [1.82, 2.24) is 5.32 Å². The number of hydrogen-bond donors (Lipinski definition) is 1. The van der Waals surface area contributed by atoms with E-state index in [0.29, 0.717) is 12.0 Å². The molecule has 20 heavy (non-hydrogen) atoms. The minimum absolute atomic E-state index is 0.374. The van der Waals surface area contributed by atoms with Gasteiger partial charge in [0.1, 0.15) is 5.75 Å². The fourth-order valence-electron chi connectivity index (χ4n) is 2.24. The number of thiophene rings is 1. The lowest BCUT2D eigenvalue weighted by Gasteiger charge is -2.22. The Kier molecular flexibility index (Phi) is 5.64. The van der Waals surface area contributed by atoms with Gasteiger partial charge < -0.3 is 10.1 Å². The average Bonchev–Trinajstić information content (AvgIpc) is 2.92. The molecule has 1 N–H and O–H groups in total. The van der Waals surface area contributed by atoms with Crippen LogP contribution < -0.4 is 10.1 Å². The van der Waals surface area contributed by atoms with E-state index in [1.807, 2.05) is 12.1 Å². The molecule has 4 heteroatoms. The Hall–Kier alpha value is -0.840. The Labute approximate surface area is 133 Å². The fraction of sp³-hybridized carbons (Fsp3) is 0.375. The van der Waals surface area contributed by atoms with Gasteiger partial charge >= 0.3 is 0 Å². The molecule has 1 aromatic heterocycles. The maximum Gasteiger partial charge on any atom is 0.123 e. The van der Waals surface area contributed by atoms with Gasteiger partial charge in [-0.1, -0.05) is 35.8 Å². The maximum atomic E-state index is 5.43. The topological polar surface area (TPSA) is 21.3 Å². The van der Waals surface area contributed by atoms with E-state index in [2.05, 4.69) is 58.7 Å². The van der Waals surface area contributed by atoms with Crippen molar-refractivity contribution >= 4 is 27.3 Å². The van der Waals surface area contributed by atoms with Gasteiger partial charge in [0, 0.05) is 27.5 Å². The zero-order chi connectivity index (χ0) is 14.5. The number of nitrogens with one attached hydrogen (secondary N) is 1. The van der Waals surface area contributed by atoms with Gasteiger partial charge in [-0.15, -0.1) is 11.3 Å². The molecule has 0 spiro atoms. The number of hydrogen-bond acceptors (Lipinski definition) is 3. The molecule has 2 aromatic rings. The Balaban J connectivity index is 2.12. The smallest absolute Gasteiger partial charge is 0.123 e. The first kappa shape index (κ1) is 15.5. The van der Waals surface area contributed by atoms with E-state index in [1.165, 1.54) is 10.4 Å². The van der Waals surface area contributed by atoms with Crippen LogP contribution in [-0.4, -0.2) is 7.11 Å². The molecule has 0 saturated carbocycles. The van der Waals surface area contributed by atoms with Crippen LogP contribution in [0.2, 0.25) is 0 Å². The van der Waals surface area contributed by atoms with Crippen LogP contribution in [0.4, 0.5) is 0 Å². The van der Waals surface area contributed by atoms with Crippen LogP contribution in [0.3, 0.4) is 0 Å². The zero-order valence-corrected chi connectivity index (χ0v) is 14.4. The minimum Gasteiger partial charge on any atom is -0.496 e. The lowest BCUT2D eigenvalue weighted by molar-refractivity contribution is 0.391. The molecule has 0 amide bonds. The van der Waals surface area contributed by atoms with E-state index in [4.69, 9.17) is 4.74 Å². The highest BCUT2D eigenvalue weighted by molar-refractivity contribution is 9.10. The van der Waals surface area contributed by atoms with Crippen molar-refractivity contribution in [2.24, 2.45) is 5.92 Å². The summed E-state index contributed by atoms with van der Waals surface area (Å²) in [6, 6.07) is 10.8. The number of rotatable bonds is 6. The van der Waals surface area contributed by atoms with Gasteiger partial charge in [-0.2, -0.15) is 0 Å². The first-order valence-electron chi connectivity index (χ1n) is 6.71. The van der Waals surface area contributed by atoms with Crippen molar-refractivity contribution in [2.45, 2.75) is 26.4 Å². The Morgan fingerprint density at radius 3 is 2.70 bits per heavy atom. The monoisotopic (exact) mass is 353 g/mol. The summed E-state index contributed by atoms with van der Waals surface area (Å²) >= 11 is 5.32. The summed E-state index contributed by atoms with van der Waals surface area (Å²) in [5.74, 6) is 1.47. The highest BCUT2D eigenvalue weighted by Gasteiger charge is 2.16. The van der Waals surface area contributed by atoms with E-state index < -0.39 is 0 Å². The second-order valence-corrected chi connectivity index (χ2v) is 6.97. The van der Waals surface area contributed by atoms with Crippen molar-refractivity contribution in [3.05, 3.63) is 50.6 Å². The van der Waals surface area contributed by atoms with Gasteiger partial charge in [0.2, 0.25) is 0 Å². The van der Waals surface area contributed by atoms with Crippen LogP contribution in [0.5, 0.6) is 5.75 Å². The average molecular weight is 354 g/mol. The fourth-order valence-corrected chi connectivity index (χ4v) is 3.62. The van der Waals surface area contributed by atoms with Crippen LogP contribution in [0.1, 0.15) is 30.3 Å². The van der Waals surface area contributed by atoms with E-state index >= 15 is 0 Å². The summed E-state index contributed by atoms with van der Waals surface area (Å²) in [7, 11) is 1.71. The molecule has 0 bridgehead atoms. The second-order valence-electron chi connectivity index (χ2n) is 5.07. The molecule has 0 saturated heterocycles. The predicted molar refractivity (Wildman–Crippen MR) is 89.4 cm³/mol. The van der Waals surface area contributed by atoms with Gasteiger partial charge in [-0.05, 0) is 35.6 Å². The molecule has 1 atom stereocenters.